The van der Waals surface area contributed by atoms with Gasteiger partial charge in [0.2, 0.25) is 0 Å². The van der Waals surface area contributed by atoms with E-state index in [1.165, 1.54) is 5.56 Å². The first-order valence-corrected chi connectivity index (χ1v) is 9.03. The number of anilines is 2. The lowest BCUT2D eigenvalue weighted by Gasteiger charge is -2.31. The van der Waals surface area contributed by atoms with E-state index in [0.717, 1.165) is 24.8 Å². The van der Waals surface area contributed by atoms with Gasteiger partial charge in [0.15, 0.2) is 0 Å². The molecular weight excluding hydrogens is 326 g/mol. The van der Waals surface area contributed by atoms with Crippen molar-refractivity contribution in [2.45, 2.75) is 26.2 Å². The zero-order chi connectivity index (χ0) is 18.5. The number of aryl methyl sites for hydroxylation is 1. The molecule has 2 aromatic carbocycles. The molecule has 0 aromatic heterocycles. The van der Waals surface area contributed by atoms with Gasteiger partial charge in [-0.1, -0.05) is 36.4 Å². The van der Waals surface area contributed by atoms with E-state index in [4.69, 9.17) is 5.73 Å². The van der Waals surface area contributed by atoms with Crippen molar-refractivity contribution in [1.82, 2.24) is 4.90 Å². The number of rotatable bonds is 3. The number of nitrogens with zero attached hydrogens (tertiary/aromatic N) is 1. The molecule has 0 saturated carbocycles. The highest BCUT2D eigenvalue weighted by molar-refractivity contribution is 6.39. The van der Waals surface area contributed by atoms with Crippen molar-refractivity contribution >= 4 is 23.2 Å². The first-order valence-electron chi connectivity index (χ1n) is 9.03. The van der Waals surface area contributed by atoms with E-state index < -0.39 is 11.8 Å². The Morgan fingerprint density at radius 3 is 2.50 bits per heavy atom. The Hall–Kier alpha value is -2.82. The predicted octanol–water partition coefficient (Wildman–Crippen LogP) is 3.00. The van der Waals surface area contributed by atoms with Crippen molar-refractivity contribution in [2.24, 2.45) is 5.92 Å². The molecule has 1 heterocycles. The number of nitrogens with two attached hydrogens (primary N) is 1. The highest BCUT2D eigenvalue weighted by Gasteiger charge is 2.27. The Kier molecular flexibility index (Phi) is 5.56. The van der Waals surface area contributed by atoms with E-state index in [1.54, 1.807) is 17.0 Å². The van der Waals surface area contributed by atoms with E-state index in [2.05, 4.69) is 29.6 Å². The largest absolute Gasteiger partial charge is 0.397 e. The molecule has 3 N–H and O–H groups in total. The molecule has 2 aromatic rings. The van der Waals surface area contributed by atoms with Gasteiger partial charge in [-0.05, 0) is 55.4 Å². The summed E-state index contributed by atoms with van der Waals surface area (Å²) in [4.78, 5) is 26.4. The van der Waals surface area contributed by atoms with Crippen molar-refractivity contribution in [1.29, 1.82) is 0 Å². The van der Waals surface area contributed by atoms with Crippen LogP contribution < -0.4 is 11.1 Å². The fourth-order valence-electron chi connectivity index (χ4n) is 3.39. The topological polar surface area (TPSA) is 75.4 Å². The highest BCUT2D eigenvalue weighted by Crippen LogP contribution is 2.23. The second-order valence-corrected chi connectivity index (χ2v) is 6.97. The molecule has 1 aliphatic rings. The molecule has 136 valence electrons. The summed E-state index contributed by atoms with van der Waals surface area (Å²) < 4.78 is 0. The SMILES string of the molecule is Cc1ccc(N)c(NC(=O)C(=O)N2CCC(Cc3ccccc3)CC2)c1. The summed E-state index contributed by atoms with van der Waals surface area (Å²) in [6.07, 6.45) is 2.86. The van der Waals surface area contributed by atoms with Gasteiger partial charge in [-0.25, -0.2) is 0 Å². The fourth-order valence-corrected chi connectivity index (χ4v) is 3.39. The molecule has 5 nitrogen and oxygen atoms in total. The zero-order valence-electron chi connectivity index (χ0n) is 15.1. The molecule has 0 atom stereocenters. The van der Waals surface area contributed by atoms with Crippen molar-refractivity contribution < 1.29 is 9.59 Å². The molecule has 1 fully saturated rings. The zero-order valence-corrected chi connectivity index (χ0v) is 15.1. The van der Waals surface area contributed by atoms with Crippen LogP contribution in [0.15, 0.2) is 48.5 Å². The van der Waals surface area contributed by atoms with Gasteiger partial charge in [0.25, 0.3) is 0 Å². The Morgan fingerprint density at radius 1 is 1.12 bits per heavy atom. The van der Waals surface area contributed by atoms with Crippen LogP contribution in [0.1, 0.15) is 24.0 Å². The van der Waals surface area contributed by atoms with Gasteiger partial charge in [0.1, 0.15) is 0 Å². The molecule has 1 aliphatic heterocycles. The highest BCUT2D eigenvalue weighted by atomic mass is 16.2. The molecule has 0 radical (unpaired) electrons. The number of carbonyl (C=O) groups is 2. The summed E-state index contributed by atoms with van der Waals surface area (Å²) in [5, 5.41) is 2.64. The normalized spacial score (nSPS) is 14.9. The number of hydrogen-bond acceptors (Lipinski definition) is 3. The van der Waals surface area contributed by atoms with Gasteiger partial charge in [0, 0.05) is 13.1 Å². The van der Waals surface area contributed by atoms with Gasteiger partial charge in [-0.3, -0.25) is 9.59 Å². The van der Waals surface area contributed by atoms with Crippen LogP contribution in [0.2, 0.25) is 0 Å². The van der Waals surface area contributed by atoms with Crippen LogP contribution in [-0.2, 0) is 16.0 Å². The van der Waals surface area contributed by atoms with Crippen molar-refractivity contribution in [2.75, 3.05) is 24.1 Å². The maximum Gasteiger partial charge on any atom is 0.313 e. The maximum atomic E-state index is 12.4. The first-order chi connectivity index (χ1) is 12.5. The van der Waals surface area contributed by atoms with Crippen LogP contribution in [0.3, 0.4) is 0 Å². The third kappa shape index (κ3) is 4.42. The van der Waals surface area contributed by atoms with E-state index in [9.17, 15) is 9.59 Å². The minimum Gasteiger partial charge on any atom is -0.397 e. The molecule has 2 amide bonds. The number of piperidine rings is 1. The molecule has 0 aliphatic carbocycles. The van der Waals surface area contributed by atoms with E-state index in [-0.39, 0.29) is 0 Å². The Labute approximate surface area is 154 Å². The van der Waals surface area contributed by atoms with Crippen LogP contribution in [0, 0.1) is 12.8 Å². The number of benzene rings is 2. The summed E-state index contributed by atoms with van der Waals surface area (Å²) in [7, 11) is 0. The third-order valence-electron chi connectivity index (χ3n) is 4.92. The number of likely N-dealkylation sites (tertiary alicyclic amines) is 1. The first kappa shape index (κ1) is 18.0. The van der Waals surface area contributed by atoms with Crippen LogP contribution in [0.4, 0.5) is 11.4 Å². The van der Waals surface area contributed by atoms with E-state index in [1.807, 2.05) is 19.1 Å². The molecule has 0 spiro atoms. The lowest BCUT2D eigenvalue weighted by atomic mass is 9.90. The Morgan fingerprint density at radius 2 is 1.81 bits per heavy atom. The summed E-state index contributed by atoms with van der Waals surface area (Å²) in [5.74, 6) is -0.551. The Bertz CT molecular complexity index is 781. The molecule has 0 bridgehead atoms. The summed E-state index contributed by atoms with van der Waals surface area (Å²) in [6.45, 7) is 3.15. The molecule has 26 heavy (non-hydrogen) atoms. The van der Waals surface area contributed by atoms with Crippen LogP contribution in [0.25, 0.3) is 0 Å². The van der Waals surface area contributed by atoms with Crippen LogP contribution >= 0.6 is 0 Å². The van der Waals surface area contributed by atoms with Crippen molar-refractivity contribution in [3.8, 4) is 0 Å². The second-order valence-electron chi connectivity index (χ2n) is 6.97. The average Bonchev–Trinajstić information content (AvgIpc) is 2.65. The number of carbonyl (C=O) groups excluding carboxylic acids is 2. The minimum absolute atomic E-state index is 0.457. The minimum atomic E-state index is -0.621. The standard InChI is InChI=1S/C21H25N3O2/c1-15-7-8-18(22)19(13-15)23-20(25)21(26)24-11-9-17(10-12-24)14-16-5-3-2-4-6-16/h2-8,13,17H,9-12,14,22H2,1H3,(H,23,25). The molecule has 5 heteroatoms. The van der Waals surface area contributed by atoms with Crippen molar-refractivity contribution in [3.63, 3.8) is 0 Å². The van der Waals surface area contributed by atoms with Gasteiger partial charge in [-0.15, -0.1) is 0 Å². The van der Waals surface area contributed by atoms with Gasteiger partial charge in [-0.2, -0.15) is 0 Å². The lowest BCUT2D eigenvalue weighted by Crippen LogP contribution is -2.44. The average molecular weight is 351 g/mol. The molecular formula is C21H25N3O2. The summed E-state index contributed by atoms with van der Waals surface area (Å²) >= 11 is 0. The third-order valence-corrected chi connectivity index (χ3v) is 4.92. The molecule has 1 saturated heterocycles. The van der Waals surface area contributed by atoms with Gasteiger partial charge in [0.05, 0.1) is 11.4 Å². The van der Waals surface area contributed by atoms with E-state index in [0.29, 0.717) is 30.4 Å². The quantitative estimate of drug-likeness (QED) is 0.659. The summed E-state index contributed by atoms with van der Waals surface area (Å²) in [5.41, 5.74) is 9.11. The number of amides is 2. The fraction of sp³-hybridized carbons (Fsp3) is 0.333. The maximum absolute atomic E-state index is 12.4. The van der Waals surface area contributed by atoms with Crippen LogP contribution in [0.5, 0.6) is 0 Å². The molecule has 0 unspecified atom stereocenters. The monoisotopic (exact) mass is 351 g/mol. The lowest BCUT2D eigenvalue weighted by molar-refractivity contribution is -0.144. The van der Waals surface area contributed by atoms with E-state index >= 15 is 0 Å². The smallest absolute Gasteiger partial charge is 0.313 e. The number of nitrogens with one attached hydrogen (secondary N) is 1. The summed E-state index contributed by atoms with van der Waals surface area (Å²) in [6, 6.07) is 15.8. The van der Waals surface area contributed by atoms with Crippen LogP contribution in [-0.4, -0.2) is 29.8 Å². The molecule has 3 rings (SSSR count). The van der Waals surface area contributed by atoms with Gasteiger partial charge >= 0.3 is 11.8 Å². The number of hydrogen-bond donors (Lipinski definition) is 2. The van der Waals surface area contributed by atoms with Gasteiger partial charge < -0.3 is 16.0 Å². The Balaban J connectivity index is 1.53. The predicted molar refractivity (Wildman–Crippen MR) is 104 cm³/mol. The number of nitrogen functional groups attached to an aromatic ring is 1. The van der Waals surface area contributed by atoms with Crippen molar-refractivity contribution in [3.05, 3.63) is 59.7 Å². The second kappa shape index (κ2) is 8.04.